The minimum Gasteiger partial charge on any atom is -0.477 e. The molecule has 29 heavy (non-hydrogen) atoms. The van der Waals surface area contributed by atoms with Gasteiger partial charge in [-0.1, -0.05) is 30.3 Å². The Labute approximate surface area is 173 Å². The maximum absolute atomic E-state index is 12.6. The number of amides is 2. The maximum Gasteiger partial charge on any atom is 0.353 e. The van der Waals surface area contributed by atoms with E-state index >= 15 is 0 Å². The molecule has 11 heteroatoms. The normalized spacial score (nSPS) is 20.9. The van der Waals surface area contributed by atoms with Gasteiger partial charge in [-0.15, -0.1) is 22.0 Å². The van der Waals surface area contributed by atoms with E-state index in [2.05, 4.69) is 15.5 Å². The lowest BCUT2D eigenvalue weighted by Gasteiger charge is -2.49. The highest BCUT2D eigenvalue weighted by atomic mass is 32.2. The van der Waals surface area contributed by atoms with E-state index in [0.29, 0.717) is 16.5 Å². The predicted octanol–water partition coefficient (Wildman–Crippen LogP) is 1.41. The van der Waals surface area contributed by atoms with Gasteiger partial charge in [0.2, 0.25) is 11.8 Å². The number of hydrogen-bond acceptors (Lipinski definition) is 8. The number of aromatic nitrogens is 2. The van der Waals surface area contributed by atoms with E-state index in [-0.39, 0.29) is 23.2 Å². The van der Waals surface area contributed by atoms with Crippen LogP contribution in [0.1, 0.15) is 11.5 Å². The lowest BCUT2D eigenvalue weighted by atomic mass is 10.0. The minimum absolute atomic E-state index is 0.104. The Morgan fingerprint density at radius 3 is 2.76 bits per heavy atom. The van der Waals surface area contributed by atoms with Crippen molar-refractivity contribution in [3.8, 4) is 0 Å². The average Bonchev–Trinajstić information content (AvgIpc) is 3.11. The van der Waals surface area contributed by atoms with Crippen LogP contribution in [-0.2, 0) is 20.8 Å². The van der Waals surface area contributed by atoms with Gasteiger partial charge in [0.15, 0.2) is 0 Å². The zero-order valence-corrected chi connectivity index (χ0v) is 16.8. The molecule has 1 aromatic heterocycles. The Bertz CT molecular complexity index is 1010. The number of carbonyl (C=O) groups is 3. The molecule has 0 radical (unpaired) electrons. The van der Waals surface area contributed by atoms with Crippen LogP contribution < -0.4 is 5.32 Å². The highest BCUT2D eigenvalue weighted by Gasteiger charge is 2.54. The summed E-state index contributed by atoms with van der Waals surface area (Å²) in [4.78, 5) is 38.5. The number of aryl methyl sites for hydroxylation is 1. The van der Waals surface area contributed by atoms with Crippen molar-refractivity contribution in [3.05, 3.63) is 52.4 Å². The van der Waals surface area contributed by atoms with Gasteiger partial charge in [-0.25, -0.2) is 4.79 Å². The molecule has 4 rings (SSSR count). The molecular formula is C18H16N4O5S2. The zero-order chi connectivity index (χ0) is 20.5. The number of hydrogen-bond donors (Lipinski definition) is 2. The summed E-state index contributed by atoms with van der Waals surface area (Å²) in [6, 6.07) is 8.45. The van der Waals surface area contributed by atoms with Gasteiger partial charge >= 0.3 is 5.97 Å². The van der Waals surface area contributed by atoms with Crippen LogP contribution in [0.25, 0.3) is 0 Å². The van der Waals surface area contributed by atoms with Gasteiger partial charge in [0.05, 0.1) is 6.42 Å². The van der Waals surface area contributed by atoms with Crippen LogP contribution in [0.2, 0.25) is 0 Å². The first-order valence-electron chi connectivity index (χ1n) is 8.66. The smallest absolute Gasteiger partial charge is 0.353 e. The summed E-state index contributed by atoms with van der Waals surface area (Å²) in [6.07, 6.45) is 0.154. The van der Waals surface area contributed by atoms with E-state index in [1.807, 2.05) is 30.3 Å². The fraction of sp³-hybridized carbons (Fsp3) is 0.278. The van der Waals surface area contributed by atoms with Gasteiger partial charge in [0, 0.05) is 17.6 Å². The number of nitrogens with one attached hydrogen (secondary N) is 1. The van der Waals surface area contributed by atoms with Crippen molar-refractivity contribution in [2.75, 3.05) is 5.75 Å². The molecule has 2 aliphatic rings. The third-order valence-electron chi connectivity index (χ3n) is 4.38. The van der Waals surface area contributed by atoms with E-state index in [1.165, 1.54) is 16.7 Å². The predicted molar refractivity (Wildman–Crippen MR) is 105 cm³/mol. The van der Waals surface area contributed by atoms with Crippen molar-refractivity contribution in [2.45, 2.75) is 30.0 Å². The Hall–Kier alpha value is -2.79. The number of β-lactam (4-membered cyclic amide) rings is 1. The van der Waals surface area contributed by atoms with Gasteiger partial charge in [-0.3, -0.25) is 14.5 Å². The summed E-state index contributed by atoms with van der Waals surface area (Å²) in [5.74, 6) is -1.21. The summed E-state index contributed by atoms with van der Waals surface area (Å²) in [5, 5.41) is 19.7. The Kier molecular flexibility index (Phi) is 5.33. The molecule has 2 amide bonds. The Morgan fingerprint density at radius 1 is 1.34 bits per heavy atom. The number of carbonyl (C=O) groups excluding carboxylic acids is 2. The molecule has 2 aromatic rings. The van der Waals surface area contributed by atoms with Crippen LogP contribution >= 0.6 is 23.5 Å². The average molecular weight is 432 g/mol. The summed E-state index contributed by atoms with van der Waals surface area (Å²) < 4.78 is 5.30. The number of carboxylic acid groups (broad SMARTS) is 1. The largest absolute Gasteiger partial charge is 0.477 e. The number of rotatable bonds is 6. The molecule has 2 atom stereocenters. The van der Waals surface area contributed by atoms with Crippen LogP contribution in [-0.4, -0.2) is 55.2 Å². The molecule has 2 N–H and O–H groups in total. The van der Waals surface area contributed by atoms with Crippen molar-refractivity contribution in [2.24, 2.45) is 0 Å². The maximum atomic E-state index is 12.6. The number of thioether (sulfide) groups is 2. The van der Waals surface area contributed by atoms with Crippen molar-refractivity contribution < 1.29 is 23.9 Å². The van der Waals surface area contributed by atoms with Crippen molar-refractivity contribution in [1.82, 2.24) is 20.4 Å². The standard InChI is InChI=1S/C18H16N4O5S2/c1-9-20-21-18(27-9)29-11-8-28-16-13(15(24)22(16)14(11)17(25)26)19-12(23)7-10-5-3-2-4-6-10/h2-6,13,16H,7-8H2,1H3,(H,19,23)(H,25,26)/t13-,16-/m1/s1. The molecule has 0 saturated carbocycles. The highest BCUT2D eigenvalue weighted by molar-refractivity contribution is 8.06. The molecule has 1 fully saturated rings. The minimum atomic E-state index is -1.21. The van der Waals surface area contributed by atoms with Gasteiger partial charge in [0.1, 0.15) is 17.1 Å². The molecule has 0 aliphatic carbocycles. The first-order chi connectivity index (χ1) is 13.9. The van der Waals surface area contributed by atoms with Crippen molar-refractivity contribution in [3.63, 3.8) is 0 Å². The molecule has 3 heterocycles. The second-order valence-electron chi connectivity index (χ2n) is 6.38. The summed E-state index contributed by atoms with van der Waals surface area (Å²) in [5.41, 5.74) is 0.734. The summed E-state index contributed by atoms with van der Waals surface area (Å²) in [7, 11) is 0. The second-order valence-corrected chi connectivity index (χ2v) is 8.53. The number of benzene rings is 1. The van der Waals surface area contributed by atoms with E-state index in [4.69, 9.17) is 4.42 Å². The quantitative estimate of drug-likeness (QED) is 0.652. The fourth-order valence-corrected chi connectivity index (χ4v) is 5.47. The molecule has 1 aromatic carbocycles. The molecule has 150 valence electrons. The van der Waals surface area contributed by atoms with Crippen LogP contribution in [0.15, 0.2) is 50.6 Å². The summed E-state index contributed by atoms with van der Waals surface area (Å²) in [6.45, 7) is 1.64. The lowest BCUT2D eigenvalue weighted by molar-refractivity contribution is -0.150. The molecule has 9 nitrogen and oxygen atoms in total. The molecular weight excluding hydrogens is 416 g/mol. The highest BCUT2D eigenvalue weighted by Crippen LogP contribution is 2.44. The van der Waals surface area contributed by atoms with E-state index in [1.54, 1.807) is 6.92 Å². The van der Waals surface area contributed by atoms with Gasteiger partial charge in [-0.2, -0.15) is 0 Å². The van der Waals surface area contributed by atoms with E-state index in [0.717, 1.165) is 17.3 Å². The second kappa shape index (κ2) is 7.91. The third kappa shape index (κ3) is 3.87. The number of fused-ring (bicyclic) bond motifs is 1. The number of carboxylic acids is 1. The first kappa shape index (κ1) is 19.5. The van der Waals surface area contributed by atoms with E-state index < -0.39 is 23.3 Å². The van der Waals surface area contributed by atoms with Crippen molar-refractivity contribution >= 4 is 41.3 Å². The molecule has 0 bridgehead atoms. The molecule has 2 aliphatic heterocycles. The number of aliphatic carboxylic acids is 1. The fourth-order valence-electron chi connectivity index (χ4n) is 3.10. The van der Waals surface area contributed by atoms with Crippen LogP contribution in [0.4, 0.5) is 0 Å². The van der Waals surface area contributed by atoms with Crippen LogP contribution in [0.5, 0.6) is 0 Å². The topological polar surface area (TPSA) is 126 Å². The van der Waals surface area contributed by atoms with Crippen LogP contribution in [0, 0.1) is 6.92 Å². The van der Waals surface area contributed by atoms with E-state index in [9.17, 15) is 19.5 Å². The molecule has 0 spiro atoms. The Morgan fingerprint density at radius 2 is 2.10 bits per heavy atom. The van der Waals surface area contributed by atoms with Crippen LogP contribution in [0.3, 0.4) is 0 Å². The summed E-state index contributed by atoms with van der Waals surface area (Å²) >= 11 is 2.42. The third-order valence-corrected chi connectivity index (χ3v) is 6.76. The lowest BCUT2D eigenvalue weighted by Crippen LogP contribution is -2.70. The number of nitrogens with zero attached hydrogens (tertiary/aromatic N) is 3. The zero-order valence-electron chi connectivity index (χ0n) is 15.2. The monoisotopic (exact) mass is 432 g/mol. The van der Waals surface area contributed by atoms with Crippen molar-refractivity contribution in [1.29, 1.82) is 0 Å². The van der Waals surface area contributed by atoms with Gasteiger partial charge in [-0.05, 0) is 17.3 Å². The Balaban J connectivity index is 1.47. The molecule has 0 unspecified atom stereocenters. The van der Waals surface area contributed by atoms with Gasteiger partial charge < -0.3 is 14.8 Å². The first-order valence-corrected chi connectivity index (χ1v) is 10.5. The van der Waals surface area contributed by atoms with Gasteiger partial charge in [0.25, 0.3) is 11.1 Å². The molecule has 1 saturated heterocycles. The SMILES string of the molecule is Cc1nnc(SC2=C(C(=O)O)N3C(=O)[C@@H](NC(=O)Cc4ccccc4)[C@H]3SC2)o1.